The maximum Gasteiger partial charge on any atom is 0.174 e. The Labute approximate surface area is 123 Å². The van der Waals surface area contributed by atoms with Gasteiger partial charge in [0.05, 0.1) is 5.02 Å². The molecule has 0 aromatic heterocycles. The van der Waals surface area contributed by atoms with Gasteiger partial charge in [-0.25, -0.2) is 4.39 Å². The second-order valence-electron chi connectivity index (χ2n) is 4.72. The van der Waals surface area contributed by atoms with Gasteiger partial charge >= 0.3 is 0 Å². The summed E-state index contributed by atoms with van der Waals surface area (Å²) in [4.78, 5) is 0. The standard InChI is InChI=1S/C16H17ClFNO/c1-11(9-19)13-7-14(17)16(15(18)8-13)20-10-12-5-3-2-4-6-12/h2-8,11H,9-10,19H2,1H3. The van der Waals surface area contributed by atoms with Gasteiger partial charge in [-0.1, -0.05) is 48.9 Å². The summed E-state index contributed by atoms with van der Waals surface area (Å²) in [5, 5.41) is 0.274. The molecule has 0 heterocycles. The topological polar surface area (TPSA) is 35.2 Å². The van der Waals surface area contributed by atoms with Gasteiger partial charge in [0.2, 0.25) is 0 Å². The van der Waals surface area contributed by atoms with Gasteiger partial charge in [0, 0.05) is 0 Å². The molecule has 2 N–H and O–H groups in total. The summed E-state index contributed by atoms with van der Waals surface area (Å²) in [6.07, 6.45) is 0. The van der Waals surface area contributed by atoms with E-state index in [-0.39, 0.29) is 23.3 Å². The third kappa shape index (κ3) is 3.50. The molecule has 2 rings (SSSR count). The van der Waals surface area contributed by atoms with E-state index in [1.807, 2.05) is 37.3 Å². The van der Waals surface area contributed by atoms with Crippen LogP contribution in [0.25, 0.3) is 0 Å². The van der Waals surface area contributed by atoms with Crippen LogP contribution in [0, 0.1) is 5.82 Å². The Bertz CT molecular complexity index is 551. The van der Waals surface area contributed by atoms with Gasteiger partial charge in [0.25, 0.3) is 0 Å². The molecular weight excluding hydrogens is 277 g/mol. The van der Waals surface area contributed by atoms with Gasteiger partial charge in [-0.2, -0.15) is 0 Å². The van der Waals surface area contributed by atoms with Crippen molar-refractivity contribution in [2.45, 2.75) is 19.4 Å². The molecule has 4 heteroatoms. The Hall–Kier alpha value is -1.58. The molecule has 0 aliphatic rings. The van der Waals surface area contributed by atoms with Crippen LogP contribution >= 0.6 is 11.6 Å². The zero-order chi connectivity index (χ0) is 14.5. The Kier molecular flexibility index (Phi) is 4.99. The fourth-order valence-corrected chi connectivity index (χ4v) is 2.14. The van der Waals surface area contributed by atoms with Crippen LogP contribution < -0.4 is 10.5 Å². The zero-order valence-corrected chi connectivity index (χ0v) is 12.0. The molecule has 2 nitrogen and oxygen atoms in total. The van der Waals surface area contributed by atoms with E-state index in [9.17, 15) is 4.39 Å². The van der Waals surface area contributed by atoms with Crippen molar-refractivity contribution >= 4 is 11.6 Å². The first-order valence-electron chi connectivity index (χ1n) is 6.47. The Morgan fingerprint density at radius 3 is 2.55 bits per heavy atom. The van der Waals surface area contributed by atoms with Crippen molar-refractivity contribution in [1.29, 1.82) is 0 Å². The molecule has 0 saturated carbocycles. The molecule has 20 heavy (non-hydrogen) atoms. The highest BCUT2D eigenvalue weighted by atomic mass is 35.5. The molecule has 106 valence electrons. The summed E-state index contributed by atoms with van der Waals surface area (Å²) in [6.45, 7) is 2.65. The van der Waals surface area contributed by atoms with E-state index < -0.39 is 5.82 Å². The van der Waals surface area contributed by atoms with Crippen molar-refractivity contribution in [3.8, 4) is 5.75 Å². The van der Waals surface area contributed by atoms with E-state index in [0.29, 0.717) is 6.54 Å². The minimum atomic E-state index is -0.455. The highest BCUT2D eigenvalue weighted by Crippen LogP contribution is 2.32. The van der Waals surface area contributed by atoms with Gasteiger partial charge in [0.15, 0.2) is 11.6 Å². The molecule has 0 bridgehead atoms. The number of halogens is 2. The third-order valence-corrected chi connectivity index (χ3v) is 3.45. The van der Waals surface area contributed by atoms with Gasteiger partial charge in [0.1, 0.15) is 6.61 Å². The summed E-state index contributed by atoms with van der Waals surface area (Å²) in [5.41, 5.74) is 7.32. The third-order valence-electron chi connectivity index (χ3n) is 3.17. The van der Waals surface area contributed by atoms with E-state index >= 15 is 0 Å². The van der Waals surface area contributed by atoms with Crippen LogP contribution in [-0.2, 0) is 6.61 Å². The Morgan fingerprint density at radius 2 is 1.95 bits per heavy atom. The lowest BCUT2D eigenvalue weighted by molar-refractivity contribution is 0.290. The van der Waals surface area contributed by atoms with E-state index in [1.54, 1.807) is 6.07 Å². The van der Waals surface area contributed by atoms with E-state index in [4.69, 9.17) is 22.1 Å². The molecule has 1 atom stereocenters. The predicted octanol–water partition coefficient (Wildman–Crippen LogP) is 4.12. The summed E-state index contributed by atoms with van der Waals surface area (Å²) in [7, 11) is 0. The van der Waals surface area contributed by atoms with E-state index in [0.717, 1.165) is 11.1 Å². The largest absolute Gasteiger partial charge is 0.484 e. The van der Waals surface area contributed by atoms with E-state index in [2.05, 4.69) is 0 Å². The molecule has 0 fully saturated rings. The number of rotatable bonds is 5. The van der Waals surface area contributed by atoms with Gasteiger partial charge in [-0.15, -0.1) is 0 Å². The fraction of sp³-hybridized carbons (Fsp3) is 0.250. The van der Waals surface area contributed by atoms with Gasteiger partial charge in [-0.05, 0) is 35.7 Å². The first-order valence-corrected chi connectivity index (χ1v) is 6.85. The maximum absolute atomic E-state index is 14.1. The lowest BCUT2D eigenvalue weighted by Crippen LogP contribution is -2.09. The summed E-state index contributed by atoms with van der Waals surface area (Å²) < 4.78 is 19.5. The second-order valence-corrected chi connectivity index (χ2v) is 5.13. The van der Waals surface area contributed by atoms with Crippen LogP contribution in [0.15, 0.2) is 42.5 Å². The van der Waals surface area contributed by atoms with Crippen LogP contribution in [-0.4, -0.2) is 6.54 Å². The number of hydrogen-bond donors (Lipinski definition) is 1. The lowest BCUT2D eigenvalue weighted by atomic mass is 10.0. The van der Waals surface area contributed by atoms with Crippen molar-refractivity contribution in [2.24, 2.45) is 5.73 Å². The Balaban J connectivity index is 2.16. The maximum atomic E-state index is 14.1. The molecule has 0 aliphatic carbocycles. The second kappa shape index (κ2) is 6.73. The predicted molar refractivity (Wildman–Crippen MR) is 79.7 cm³/mol. The highest BCUT2D eigenvalue weighted by Gasteiger charge is 2.14. The monoisotopic (exact) mass is 293 g/mol. The molecule has 2 aromatic carbocycles. The van der Waals surface area contributed by atoms with Crippen molar-refractivity contribution in [1.82, 2.24) is 0 Å². The zero-order valence-electron chi connectivity index (χ0n) is 11.3. The average Bonchev–Trinajstić information content (AvgIpc) is 2.46. The van der Waals surface area contributed by atoms with Crippen LogP contribution in [0.4, 0.5) is 4.39 Å². The molecule has 0 saturated heterocycles. The van der Waals surface area contributed by atoms with Crippen molar-refractivity contribution in [3.63, 3.8) is 0 Å². The van der Waals surface area contributed by atoms with Crippen molar-refractivity contribution in [3.05, 3.63) is 64.4 Å². The SMILES string of the molecule is CC(CN)c1cc(F)c(OCc2ccccc2)c(Cl)c1. The number of nitrogens with two attached hydrogens (primary N) is 1. The summed E-state index contributed by atoms with van der Waals surface area (Å²) in [6, 6.07) is 12.7. The van der Waals surface area contributed by atoms with Crippen LogP contribution in [0.5, 0.6) is 5.75 Å². The minimum Gasteiger partial charge on any atom is -0.484 e. The fourth-order valence-electron chi connectivity index (χ4n) is 1.87. The quantitative estimate of drug-likeness (QED) is 0.900. The van der Waals surface area contributed by atoms with Gasteiger partial charge < -0.3 is 10.5 Å². The highest BCUT2D eigenvalue weighted by molar-refractivity contribution is 6.32. The van der Waals surface area contributed by atoms with Crippen LogP contribution in [0.1, 0.15) is 24.0 Å². The van der Waals surface area contributed by atoms with Gasteiger partial charge in [-0.3, -0.25) is 0 Å². The lowest BCUT2D eigenvalue weighted by Gasteiger charge is -2.14. The van der Waals surface area contributed by atoms with E-state index in [1.165, 1.54) is 6.07 Å². The smallest absolute Gasteiger partial charge is 0.174 e. The average molecular weight is 294 g/mol. The summed E-state index contributed by atoms with van der Waals surface area (Å²) >= 11 is 6.10. The molecule has 0 radical (unpaired) electrons. The molecule has 0 aliphatic heterocycles. The first kappa shape index (κ1) is 14.8. The Morgan fingerprint density at radius 1 is 1.25 bits per heavy atom. The minimum absolute atomic E-state index is 0.0603. The first-order chi connectivity index (χ1) is 9.61. The molecular formula is C16H17ClFNO. The van der Waals surface area contributed by atoms with Crippen molar-refractivity contribution < 1.29 is 9.13 Å². The molecule has 0 amide bonds. The molecule has 1 unspecified atom stereocenters. The van der Waals surface area contributed by atoms with Crippen LogP contribution in [0.3, 0.4) is 0 Å². The summed E-state index contributed by atoms with van der Waals surface area (Å²) in [5.74, 6) is -0.308. The normalized spacial score (nSPS) is 12.2. The molecule has 0 spiro atoms. The number of ether oxygens (including phenoxy) is 1. The number of hydrogen-bond acceptors (Lipinski definition) is 2. The molecule has 2 aromatic rings. The van der Waals surface area contributed by atoms with Crippen LogP contribution in [0.2, 0.25) is 5.02 Å². The number of benzene rings is 2. The van der Waals surface area contributed by atoms with Crippen molar-refractivity contribution in [2.75, 3.05) is 6.54 Å².